The minimum atomic E-state index is -1.00. The number of hydrogen-bond donors (Lipinski definition) is 2. The highest BCUT2D eigenvalue weighted by atomic mass is 16.5. The van der Waals surface area contributed by atoms with E-state index in [0.717, 1.165) is 22.4 Å². The number of carbonyl (C=O) groups is 3. The van der Waals surface area contributed by atoms with Crippen molar-refractivity contribution in [1.82, 2.24) is 15.2 Å². The molecule has 0 fully saturated rings. The maximum atomic E-state index is 12.8. The van der Waals surface area contributed by atoms with Crippen molar-refractivity contribution in [3.63, 3.8) is 0 Å². The molecule has 0 bridgehead atoms. The van der Waals surface area contributed by atoms with Crippen molar-refractivity contribution < 1.29 is 24.2 Å². The lowest BCUT2D eigenvalue weighted by Gasteiger charge is -2.35. The largest absolute Gasteiger partial charge is 0.497 e. The van der Waals surface area contributed by atoms with Gasteiger partial charge in [0.1, 0.15) is 11.4 Å². The highest BCUT2D eigenvalue weighted by Gasteiger charge is 2.29. The van der Waals surface area contributed by atoms with Crippen LogP contribution < -0.4 is 15.0 Å². The number of nitrogens with one attached hydrogen (secondary N) is 1. The van der Waals surface area contributed by atoms with Crippen LogP contribution in [0.5, 0.6) is 5.75 Å². The summed E-state index contributed by atoms with van der Waals surface area (Å²) in [6, 6.07) is 15.3. The van der Waals surface area contributed by atoms with E-state index < -0.39 is 5.97 Å². The fourth-order valence-corrected chi connectivity index (χ4v) is 3.74. The number of rotatable bonds is 7. The van der Waals surface area contributed by atoms with Crippen LogP contribution in [0.15, 0.2) is 60.8 Å². The minimum absolute atomic E-state index is 0.188. The molecule has 0 radical (unpaired) electrons. The number of pyridine rings is 1. The summed E-state index contributed by atoms with van der Waals surface area (Å²) in [6.07, 6.45) is 1.54. The van der Waals surface area contributed by atoms with E-state index in [2.05, 4.69) is 10.3 Å². The number of carboxylic acids is 1. The lowest BCUT2D eigenvalue weighted by atomic mass is 10.1. The zero-order chi connectivity index (χ0) is 24.2. The first-order valence-electron chi connectivity index (χ1n) is 10.6. The molecule has 2 N–H and O–H groups in total. The second kappa shape index (κ2) is 9.62. The number of ether oxygens (including phenoxy) is 1. The number of aromatic carboxylic acids is 1. The third-order valence-corrected chi connectivity index (χ3v) is 5.66. The molecule has 34 heavy (non-hydrogen) atoms. The van der Waals surface area contributed by atoms with Crippen LogP contribution in [-0.2, 0) is 19.6 Å². The lowest BCUT2D eigenvalue weighted by molar-refractivity contribution is 0.0696. The van der Waals surface area contributed by atoms with Crippen molar-refractivity contribution in [3.05, 3.63) is 88.7 Å². The number of aromatic nitrogens is 1. The van der Waals surface area contributed by atoms with E-state index in [1.165, 1.54) is 23.2 Å². The molecular formula is C25H24N4O5. The molecular weight excluding hydrogens is 436 g/mol. The lowest BCUT2D eigenvalue weighted by Crippen LogP contribution is -2.44. The Hall–Kier alpha value is -4.40. The smallest absolute Gasteiger partial charge is 0.335 e. The van der Waals surface area contributed by atoms with Crippen molar-refractivity contribution in [2.45, 2.75) is 19.6 Å². The molecule has 0 spiro atoms. The number of nitrogens with zero attached hydrogens (tertiary/aromatic N) is 3. The number of methoxy groups -OCH3 is 1. The van der Waals surface area contributed by atoms with Gasteiger partial charge in [-0.25, -0.2) is 14.6 Å². The Morgan fingerprint density at radius 2 is 1.76 bits per heavy atom. The number of carbonyl (C=O) groups excluding carboxylic acids is 2. The first-order valence-corrected chi connectivity index (χ1v) is 10.6. The van der Waals surface area contributed by atoms with Gasteiger partial charge < -0.3 is 20.1 Å². The molecule has 0 unspecified atom stereocenters. The van der Waals surface area contributed by atoms with Crippen LogP contribution in [0.3, 0.4) is 0 Å². The number of benzene rings is 2. The molecule has 0 atom stereocenters. The second-order valence-corrected chi connectivity index (χ2v) is 7.93. The van der Waals surface area contributed by atoms with Crippen LogP contribution in [0.4, 0.5) is 10.5 Å². The maximum Gasteiger partial charge on any atom is 0.335 e. The van der Waals surface area contributed by atoms with Gasteiger partial charge in [0, 0.05) is 26.7 Å². The van der Waals surface area contributed by atoms with Gasteiger partial charge in [0.15, 0.2) is 0 Å². The van der Waals surface area contributed by atoms with Gasteiger partial charge in [-0.05, 0) is 47.0 Å². The van der Waals surface area contributed by atoms with Crippen LogP contribution in [0, 0.1) is 0 Å². The molecule has 3 amide bonds. The standard InChI is InChI=1S/C25H24N4O5/c1-28-22-13-26-21(23(30)27-12-16-5-9-20(34-2)10-6-16)11-19(22)15-29(25(28)33)14-17-3-7-18(8-4-17)24(31)32/h3-11,13H,12,14-15H2,1-2H3,(H,27,30)(H,31,32). The van der Waals surface area contributed by atoms with Gasteiger partial charge in [0.25, 0.3) is 5.91 Å². The Balaban J connectivity index is 1.46. The van der Waals surface area contributed by atoms with E-state index in [9.17, 15) is 14.4 Å². The van der Waals surface area contributed by atoms with E-state index in [-0.39, 0.29) is 23.2 Å². The van der Waals surface area contributed by atoms with Gasteiger partial charge in [-0.15, -0.1) is 0 Å². The number of hydrogen-bond acceptors (Lipinski definition) is 5. The predicted molar refractivity (Wildman–Crippen MR) is 125 cm³/mol. The Bertz CT molecular complexity index is 1230. The number of carboxylic acid groups (broad SMARTS) is 1. The first kappa shape index (κ1) is 22.8. The number of anilines is 1. The van der Waals surface area contributed by atoms with Gasteiger partial charge in [0.2, 0.25) is 0 Å². The molecule has 0 saturated heterocycles. The summed E-state index contributed by atoms with van der Waals surface area (Å²) >= 11 is 0. The molecule has 2 heterocycles. The average Bonchev–Trinajstić information content (AvgIpc) is 2.86. The van der Waals surface area contributed by atoms with Gasteiger partial charge >= 0.3 is 12.0 Å². The minimum Gasteiger partial charge on any atom is -0.497 e. The summed E-state index contributed by atoms with van der Waals surface area (Å²) in [5.41, 5.74) is 3.63. The average molecular weight is 460 g/mol. The Labute approximate surface area is 196 Å². The van der Waals surface area contributed by atoms with Crippen molar-refractivity contribution >= 4 is 23.6 Å². The van der Waals surface area contributed by atoms with E-state index in [1.807, 2.05) is 24.3 Å². The van der Waals surface area contributed by atoms with Crippen LogP contribution in [0.1, 0.15) is 37.5 Å². The van der Waals surface area contributed by atoms with Crippen molar-refractivity contribution in [2.75, 3.05) is 19.1 Å². The van der Waals surface area contributed by atoms with Crippen molar-refractivity contribution in [3.8, 4) is 5.75 Å². The predicted octanol–water partition coefficient (Wildman–Crippen LogP) is 3.29. The van der Waals surface area contributed by atoms with Crippen LogP contribution in [-0.4, -0.2) is 47.1 Å². The second-order valence-electron chi connectivity index (χ2n) is 7.93. The molecule has 2 aromatic carbocycles. The summed E-state index contributed by atoms with van der Waals surface area (Å²) < 4.78 is 5.14. The Morgan fingerprint density at radius 3 is 2.41 bits per heavy atom. The third kappa shape index (κ3) is 4.83. The SMILES string of the molecule is COc1ccc(CNC(=O)c2cc3c(cn2)N(C)C(=O)N(Cc2ccc(C(=O)O)cc2)C3)cc1. The molecule has 1 aliphatic heterocycles. The van der Waals surface area contributed by atoms with E-state index >= 15 is 0 Å². The van der Waals surface area contributed by atoms with E-state index in [0.29, 0.717) is 25.3 Å². The topological polar surface area (TPSA) is 112 Å². The number of amides is 3. The third-order valence-electron chi connectivity index (χ3n) is 5.66. The van der Waals surface area contributed by atoms with Gasteiger partial charge in [-0.1, -0.05) is 24.3 Å². The monoisotopic (exact) mass is 460 g/mol. The zero-order valence-corrected chi connectivity index (χ0v) is 18.8. The molecule has 174 valence electrons. The van der Waals surface area contributed by atoms with Crippen molar-refractivity contribution in [1.29, 1.82) is 0 Å². The van der Waals surface area contributed by atoms with Gasteiger partial charge in [-0.2, -0.15) is 0 Å². The molecule has 9 heteroatoms. The molecule has 9 nitrogen and oxygen atoms in total. The summed E-state index contributed by atoms with van der Waals surface area (Å²) in [6.45, 7) is 0.961. The highest BCUT2D eigenvalue weighted by molar-refractivity contribution is 5.96. The Morgan fingerprint density at radius 1 is 1.09 bits per heavy atom. The van der Waals surface area contributed by atoms with Gasteiger partial charge in [-0.3, -0.25) is 9.69 Å². The zero-order valence-electron chi connectivity index (χ0n) is 18.8. The van der Waals surface area contributed by atoms with E-state index in [4.69, 9.17) is 9.84 Å². The van der Waals surface area contributed by atoms with Crippen LogP contribution >= 0.6 is 0 Å². The molecule has 0 saturated carbocycles. The normalized spacial score (nSPS) is 12.8. The molecule has 4 rings (SSSR count). The highest BCUT2D eigenvalue weighted by Crippen LogP contribution is 2.28. The summed E-state index contributed by atoms with van der Waals surface area (Å²) in [4.78, 5) is 44.0. The molecule has 3 aromatic rings. The van der Waals surface area contributed by atoms with Crippen molar-refractivity contribution in [2.24, 2.45) is 0 Å². The molecule has 0 aliphatic carbocycles. The van der Waals surface area contributed by atoms with E-state index in [1.54, 1.807) is 37.3 Å². The van der Waals surface area contributed by atoms with Crippen LogP contribution in [0.2, 0.25) is 0 Å². The molecule has 1 aromatic heterocycles. The van der Waals surface area contributed by atoms with Gasteiger partial charge in [0.05, 0.1) is 24.6 Å². The fourth-order valence-electron chi connectivity index (χ4n) is 3.74. The summed E-state index contributed by atoms with van der Waals surface area (Å²) in [5, 5.41) is 11.9. The quantitative estimate of drug-likeness (QED) is 0.560. The number of urea groups is 1. The maximum absolute atomic E-state index is 12.8. The number of fused-ring (bicyclic) bond motifs is 1. The Kier molecular flexibility index (Phi) is 6.44. The van der Waals surface area contributed by atoms with Crippen LogP contribution in [0.25, 0.3) is 0 Å². The summed E-state index contributed by atoms with van der Waals surface area (Å²) in [7, 11) is 3.26. The summed E-state index contributed by atoms with van der Waals surface area (Å²) in [5.74, 6) is -0.569. The fraction of sp³-hybridized carbons (Fsp3) is 0.200. The first-order chi connectivity index (χ1) is 16.4. The molecule has 1 aliphatic rings.